The van der Waals surface area contributed by atoms with E-state index in [1.165, 1.54) is 12.1 Å². The van der Waals surface area contributed by atoms with Crippen molar-refractivity contribution in [3.63, 3.8) is 0 Å². The Labute approximate surface area is 161 Å². The van der Waals surface area contributed by atoms with Crippen LogP contribution in [0.25, 0.3) is 22.0 Å². The fourth-order valence-electron chi connectivity index (χ4n) is 2.97. The molecule has 0 radical (unpaired) electrons. The molecular formula is C22H18FN3O2. The Kier molecular flexibility index (Phi) is 5.12. The predicted octanol–water partition coefficient (Wildman–Crippen LogP) is 4.52. The van der Waals surface area contributed by atoms with E-state index in [4.69, 9.17) is 4.74 Å². The van der Waals surface area contributed by atoms with E-state index in [-0.39, 0.29) is 18.3 Å². The number of nitrogens with one attached hydrogen (secondary N) is 2. The van der Waals surface area contributed by atoms with Gasteiger partial charge in [-0.25, -0.2) is 4.39 Å². The van der Waals surface area contributed by atoms with Crippen LogP contribution in [-0.2, 0) is 16.1 Å². The van der Waals surface area contributed by atoms with Gasteiger partial charge in [-0.3, -0.25) is 9.89 Å². The van der Waals surface area contributed by atoms with Gasteiger partial charge in [0.05, 0.1) is 12.1 Å². The van der Waals surface area contributed by atoms with E-state index < -0.39 is 0 Å². The number of benzene rings is 3. The van der Waals surface area contributed by atoms with Crippen LogP contribution in [0.1, 0.15) is 5.56 Å². The first-order valence-electron chi connectivity index (χ1n) is 8.84. The number of carbonyl (C=O) groups is 1. The molecule has 0 aliphatic heterocycles. The maximum absolute atomic E-state index is 13.4. The van der Waals surface area contributed by atoms with Crippen molar-refractivity contribution in [3.8, 4) is 11.1 Å². The van der Waals surface area contributed by atoms with E-state index in [9.17, 15) is 9.18 Å². The number of rotatable bonds is 6. The van der Waals surface area contributed by atoms with Crippen molar-refractivity contribution in [1.82, 2.24) is 10.2 Å². The minimum absolute atomic E-state index is 0.0649. The number of aromatic nitrogens is 2. The molecule has 28 heavy (non-hydrogen) atoms. The maximum Gasteiger partial charge on any atom is 0.251 e. The molecule has 0 bridgehead atoms. The first-order valence-corrected chi connectivity index (χ1v) is 8.84. The molecule has 4 aromatic rings. The summed E-state index contributed by atoms with van der Waals surface area (Å²) >= 11 is 0. The van der Waals surface area contributed by atoms with Crippen LogP contribution in [0.15, 0.2) is 72.8 Å². The Morgan fingerprint density at radius 2 is 1.82 bits per heavy atom. The average molecular weight is 375 g/mol. The number of H-pyrrole nitrogens is 1. The monoisotopic (exact) mass is 375 g/mol. The lowest BCUT2D eigenvalue weighted by Crippen LogP contribution is -2.18. The molecule has 0 aliphatic carbocycles. The summed E-state index contributed by atoms with van der Waals surface area (Å²) in [5.74, 6) is -0.127. The summed E-state index contributed by atoms with van der Waals surface area (Å²) in [4.78, 5) is 12.1. The van der Waals surface area contributed by atoms with E-state index in [2.05, 4.69) is 15.5 Å². The smallest absolute Gasteiger partial charge is 0.251 e. The zero-order valence-corrected chi connectivity index (χ0v) is 15.0. The molecule has 0 unspecified atom stereocenters. The first-order chi connectivity index (χ1) is 13.7. The van der Waals surface area contributed by atoms with Crippen LogP contribution >= 0.6 is 0 Å². The third-order valence-electron chi connectivity index (χ3n) is 4.32. The Bertz CT molecular complexity index is 1110. The molecule has 0 atom stereocenters. The molecular weight excluding hydrogens is 357 g/mol. The Morgan fingerprint density at radius 1 is 1.00 bits per heavy atom. The summed E-state index contributed by atoms with van der Waals surface area (Å²) in [6.07, 6.45) is 0. The number of anilines is 1. The molecule has 1 heterocycles. The lowest BCUT2D eigenvalue weighted by atomic mass is 10.0. The fraction of sp³-hybridized carbons (Fsp3) is 0.0909. The summed E-state index contributed by atoms with van der Waals surface area (Å²) in [5, 5.41) is 10.6. The zero-order chi connectivity index (χ0) is 19.3. The highest BCUT2D eigenvalue weighted by Crippen LogP contribution is 2.27. The second kappa shape index (κ2) is 8.02. The van der Waals surface area contributed by atoms with Crippen molar-refractivity contribution in [2.24, 2.45) is 0 Å². The zero-order valence-electron chi connectivity index (χ0n) is 15.0. The predicted molar refractivity (Wildman–Crippen MR) is 106 cm³/mol. The third-order valence-corrected chi connectivity index (χ3v) is 4.32. The topological polar surface area (TPSA) is 67.0 Å². The van der Waals surface area contributed by atoms with Crippen molar-refractivity contribution >= 4 is 22.6 Å². The lowest BCUT2D eigenvalue weighted by Gasteiger charge is -2.05. The molecule has 3 aromatic carbocycles. The normalized spacial score (nSPS) is 10.9. The molecule has 6 heteroatoms. The van der Waals surface area contributed by atoms with Crippen LogP contribution < -0.4 is 5.32 Å². The first kappa shape index (κ1) is 17.9. The molecule has 1 aromatic heterocycles. The van der Waals surface area contributed by atoms with E-state index >= 15 is 0 Å². The Balaban J connectivity index is 1.42. The van der Waals surface area contributed by atoms with Gasteiger partial charge in [-0.15, -0.1) is 0 Å². The highest BCUT2D eigenvalue weighted by atomic mass is 19.1. The van der Waals surface area contributed by atoms with Gasteiger partial charge in [0.15, 0.2) is 5.82 Å². The van der Waals surface area contributed by atoms with Crippen LogP contribution in [0.3, 0.4) is 0 Å². The summed E-state index contributed by atoms with van der Waals surface area (Å²) in [6, 6.07) is 21.6. The number of ether oxygens (including phenoxy) is 1. The van der Waals surface area contributed by atoms with Crippen molar-refractivity contribution < 1.29 is 13.9 Å². The van der Waals surface area contributed by atoms with Gasteiger partial charge >= 0.3 is 0 Å². The number of hydrogen-bond acceptors (Lipinski definition) is 3. The number of fused-ring (bicyclic) bond motifs is 1. The Morgan fingerprint density at radius 3 is 2.64 bits per heavy atom. The summed E-state index contributed by atoms with van der Waals surface area (Å²) in [7, 11) is 0. The largest absolute Gasteiger partial charge is 0.367 e. The summed E-state index contributed by atoms with van der Waals surface area (Å²) < 4.78 is 18.9. The van der Waals surface area contributed by atoms with Crippen molar-refractivity contribution in [3.05, 3.63) is 84.2 Å². The van der Waals surface area contributed by atoms with Crippen LogP contribution in [0.2, 0.25) is 0 Å². The van der Waals surface area contributed by atoms with E-state index in [0.29, 0.717) is 12.4 Å². The third kappa shape index (κ3) is 4.07. The number of nitrogens with zero attached hydrogens (tertiary/aromatic N) is 1. The van der Waals surface area contributed by atoms with Gasteiger partial charge in [0.25, 0.3) is 5.91 Å². The second-order valence-corrected chi connectivity index (χ2v) is 6.37. The summed E-state index contributed by atoms with van der Waals surface area (Å²) in [5.41, 5.74) is 3.39. The van der Waals surface area contributed by atoms with E-state index in [1.54, 1.807) is 6.07 Å². The quantitative estimate of drug-likeness (QED) is 0.520. The van der Waals surface area contributed by atoms with Gasteiger partial charge in [-0.2, -0.15) is 5.10 Å². The summed E-state index contributed by atoms with van der Waals surface area (Å²) in [6.45, 7) is 0.303. The van der Waals surface area contributed by atoms with Gasteiger partial charge in [0.2, 0.25) is 0 Å². The van der Waals surface area contributed by atoms with Crippen molar-refractivity contribution in [2.45, 2.75) is 6.61 Å². The number of carbonyl (C=O) groups excluding carboxylic acids is 1. The van der Waals surface area contributed by atoms with Gasteiger partial charge in [0.1, 0.15) is 12.4 Å². The fourth-order valence-corrected chi connectivity index (χ4v) is 2.97. The van der Waals surface area contributed by atoms with Gasteiger partial charge in [0, 0.05) is 5.39 Å². The standard InChI is InChI=1S/C22H18FN3O2/c23-18-8-4-7-16(11-18)17-9-10-19-20(12-17)25-26-22(19)24-21(27)14-28-13-15-5-2-1-3-6-15/h1-12H,13-14H2,(H2,24,25,26,27). The van der Waals surface area contributed by atoms with E-state index in [1.807, 2.05) is 54.6 Å². The van der Waals surface area contributed by atoms with Gasteiger partial charge < -0.3 is 10.1 Å². The molecule has 0 aliphatic rings. The number of amides is 1. The minimum Gasteiger partial charge on any atom is -0.367 e. The van der Waals surface area contributed by atoms with Crippen LogP contribution in [-0.4, -0.2) is 22.7 Å². The van der Waals surface area contributed by atoms with Gasteiger partial charge in [-0.05, 0) is 41.0 Å². The molecule has 0 saturated carbocycles. The molecule has 2 N–H and O–H groups in total. The SMILES string of the molecule is O=C(COCc1ccccc1)Nc1n[nH]c2cc(-c3cccc(F)c3)ccc12. The second-order valence-electron chi connectivity index (χ2n) is 6.37. The maximum atomic E-state index is 13.4. The molecule has 140 valence electrons. The molecule has 0 spiro atoms. The Hall–Kier alpha value is -3.51. The van der Waals surface area contributed by atoms with Crippen LogP contribution in [0, 0.1) is 5.82 Å². The average Bonchev–Trinajstić information content (AvgIpc) is 3.11. The highest BCUT2D eigenvalue weighted by Gasteiger charge is 2.11. The molecule has 0 fully saturated rings. The van der Waals surface area contributed by atoms with Crippen molar-refractivity contribution in [1.29, 1.82) is 0 Å². The van der Waals surface area contributed by atoms with Crippen LogP contribution in [0.5, 0.6) is 0 Å². The number of aromatic amines is 1. The number of hydrogen-bond donors (Lipinski definition) is 2. The lowest BCUT2D eigenvalue weighted by molar-refractivity contribution is -0.121. The van der Waals surface area contributed by atoms with Crippen LogP contribution in [0.4, 0.5) is 10.2 Å². The minimum atomic E-state index is -0.286. The molecule has 1 amide bonds. The number of halogens is 1. The van der Waals surface area contributed by atoms with Crippen molar-refractivity contribution in [2.75, 3.05) is 11.9 Å². The highest BCUT2D eigenvalue weighted by molar-refractivity contribution is 6.01. The van der Waals surface area contributed by atoms with Gasteiger partial charge in [-0.1, -0.05) is 48.5 Å². The molecule has 0 saturated heterocycles. The molecule has 4 rings (SSSR count). The van der Waals surface area contributed by atoms with E-state index in [0.717, 1.165) is 27.6 Å². The molecule has 5 nitrogen and oxygen atoms in total.